The van der Waals surface area contributed by atoms with Crippen LogP contribution in [0.25, 0.3) is 10.9 Å². The Bertz CT molecular complexity index is 1440. The average Bonchev–Trinajstić information content (AvgIpc) is 3.09. The lowest BCUT2D eigenvalue weighted by Gasteiger charge is -2.15. The summed E-state index contributed by atoms with van der Waals surface area (Å²) in [6.07, 6.45) is 0. The molecule has 0 radical (unpaired) electrons. The second kappa shape index (κ2) is 7.55. The fraction of sp³-hybridized carbons (Fsp3) is 0.0435. The molecule has 0 saturated carbocycles. The van der Waals surface area contributed by atoms with E-state index in [9.17, 15) is 19.2 Å². The predicted octanol–water partition coefficient (Wildman–Crippen LogP) is 2.41. The third kappa shape index (κ3) is 3.12. The maximum absolute atomic E-state index is 12.7. The summed E-state index contributed by atoms with van der Waals surface area (Å²) in [6, 6.07) is 19.2. The molecule has 1 aliphatic heterocycles. The molecule has 0 fully saturated rings. The monoisotopic (exact) mass is 426 g/mol. The molecular formula is C23H14N4O5. The summed E-state index contributed by atoms with van der Waals surface area (Å²) >= 11 is 0. The Hall–Kier alpha value is -4.66. The van der Waals surface area contributed by atoms with E-state index in [4.69, 9.17) is 4.74 Å². The van der Waals surface area contributed by atoms with Crippen molar-refractivity contribution >= 4 is 34.4 Å². The number of rotatable bonds is 4. The molecule has 0 unspecified atom stereocenters. The zero-order valence-corrected chi connectivity index (χ0v) is 16.5. The number of nitrogens with zero attached hydrogens (tertiary/aromatic N) is 4. The van der Waals surface area contributed by atoms with Gasteiger partial charge < -0.3 is 4.74 Å². The van der Waals surface area contributed by atoms with Gasteiger partial charge in [-0.05, 0) is 42.5 Å². The highest BCUT2D eigenvalue weighted by molar-refractivity contribution is 6.34. The van der Waals surface area contributed by atoms with Crippen LogP contribution in [0.2, 0.25) is 0 Å². The fourth-order valence-corrected chi connectivity index (χ4v) is 3.51. The molecule has 9 heteroatoms. The van der Waals surface area contributed by atoms with E-state index < -0.39 is 30.1 Å². The van der Waals surface area contributed by atoms with Crippen molar-refractivity contribution in [3.8, 4) is 0 Å². The van der Waals surface area contributed by atoms with Crippen LogP contribution in [0.5, 0.6) is 0 Å². The highest BCUT2D eigenvalue weighted by Crippen LogP contribution is 2.28. The number of aromatic nitrogens is 3. The Morgan fingerprint density at radius 2 is 1.53 bits per heavy atom. The number of hydrogen-bond acceptors (Lipinski definition) is 7. The van der Waals surface area contributed by atoms with E-state index in [1.54, 1.807) is 54.6 Å². The minimum Gasteiger partial charge on any atom is -0.439 e. The van der Waals surface area contributed by atoms with Crippen LogP contribution < -0.4 is 10.5 Å². The van der Waals surface area contributed by atoms with Gasteiger partial charge in [-0.15, -0.1) is 5.10 Å². The first kappa shape index (κ1) is 19.3. The van der Waals surface area contributed by atoms with Gasteiger partial charge in [0, 0.05) is 0 Å². The first-order chi connectivity index (χ1) is 15.5. The van der Waals surface area contributed by atoms with E-state index in [1.165, 1.54) is 18.2 Å². The SMILES string of the molecule is O=C(OCn1nnc2ccccc2c1=O)c1cccc(N2C(=O)c3ccccc3C2=O)c1. The molecular weight excluding hydrogens is 412 g/mol. The van der Waals surface area contributed by atoms with Crippen molar-refractivity contribution in [1.82, 2.24) is 15.0 Å². The number of amides is 2. The number of ether oxygens (including phenoxy) is 1. The first-order valence-electron chi connectivity index (χ1n) is 9.62. The lowest BCUT2D eigenvalue weighted by molar-refractivity contribution is 0.0335. The van der Waals surface area contributed by atoms with Crippen molar-refractivity contribution in [2.75, 3.05) is 4.90 Å². The number of imide groups is 1. The van der Waals surface area contributed by atoms with Crippen LogP contribution in [-0.4, -0.2) is 32.8 Å². The molecule has 0 spiro atoms. The van der Waals surface area contributed by atoms with Crippen LogP contribution in [0.4, 0.5) is 5.69 Å². The van der Waals surface area contributed by atoms with Gasteiger partial charge in [-0.2, -0.15) is 4.68 Å². The van der Waals surface area contributed by atoms with Crippen LogP contribution in [0.3, 0.4) is 0 Å². The summed E-state index contributed by atoms with van der Waals surface area (Å²) in [5.41, 5.74) is 0.963. The van der Waals surface area contributed by atoms with Gasteiger partial charge in [-0.3, -0.25) is 14.4 Å². The Balaban J connectivity index is 1.37. The molecule has 2 amide bonds. The van der Waals surface area contributed by atoms with Crippen molar-refractivity contribution in [2.45, 2.75) is 6.73 Å². The minimum atomic E-state index is -0.745. The number of carbonyl (C=O) groups excluding carboxylic acids is 3. The molecule has 0 aliphatic carbocycles. The normalized spacial score (nSPS) is 12.8. The van der Waals surface area contributed by atoms with Gasteiger partial charge in [0.05, 0.1) is 27.8 Å². The summed E-state index contributed by atoms with van der Waals surface area (Å²) in [6.45, 7) is -0.438. The van der Waals surface area contributed by atoms with Crippen molar-refractivity contribution in [1.29, 1.82) is 0 Å². The van der Waals surface area contributed by atoms with Crippen molar-refractivity contribution in [2.24, 2.45) is 0 Å². The highest BCUT2D eigenvalue weighted by Gasteiger charge is 2.36. The minimum absolute atomic E-state index is 0.112. The molecule has 1 aromatic heterocycles. The van der Waals surface area contributed by atoms with Gasteiger partial charge in [-0.1, -0.05) is 35.5 Å². The largest absolute Gasteiger partial charge is 0.439 e. The van der Waals surface area contributed by atoms with Gasteiger partial charge in [-0.25, -0.2) is 9.69 Å². The van der Waals surface area contributed by atoms with E-state index in [2.05, 4.69) is 10.3 Å². The molecule has 32 heavy (non-hydrogen) atoms. The second-order valence-corrected chi connectivity index (χ2v) is 7.01. The summed E-state index contributed by atoms with van der Waals surface area (Å²) in [4.78, 5) is 51.4. The van der Waals surface area contributed by atoms with Gasteiger partial charge in [0.2, 0.25) is 0 Å². The quantitative estimate of drug-likeness (QED) is 0.364. The Morgan fingerprint density at radius 3 is 2.28 bits per heavy atom. The zero-order chi connectivity index (χ0) is 22.2. The predicted molar refractivity (Wildman–Crippen MR) is 113 cm³/mol. The van der Waals surface area contributed by atoms with Crippen LogP contribution in [-0.2, 0) is 11.5 Å². The Morgan fingerprint density at radius 1 is 0.844 bits per heavy atom. The second-order valence-electron chi connectivity index (χ2n) is 7.01. The molecule has 9 nitrogen and oxygen atoms in total. The highest BCUT2D eigenvalue weighted by atomic mass is 16.5. The number of esters is 1. The molecule has 0 atom stereocenters. The first-order valence-corrected chi connectivity index (χ1v) is 9.62. The maximum Gasteiger partial charge on any atom is 0.339 e. The van der Waals surface area contributed by atoms with E-state index in [-0.39, 0.29) is 11.3 Å². The standard InChI is InChI=1S/C23H14N4O5/c28-20-18-10-3-4-11-19(18)24-25-26(20)13-32-23(31)14-6-5-7-15(12-14)27-21(29)16-8-1-2-9-17(16)22(27)30/h1-12H,13H2. The topological polar surface area (TPSA) is 111 Å². The molecule has 0 bridgehead atoms. The lowest BCUT2D eigenvalue weighted by Crippen LogP contribution is -2.29. The van der Waals surface area contributed by atoms with Gasteiger partial charge in [0.1, 0.15) is 5.52 Å². The number of fused-ring (bicyclic) bond motifs is 2. The summed E-state index contributed by atoms with van der Waals surface area (Å²) < 4.78 is 6.15. The Kier molecular flexibility index (Phi) is 4.55. The third-order valence-electron chi connectivity index (χ3n) is 5.08. The molecule has 3 aromatic carbocycles. The summed E-state index contributed by atoms with van der Waals surface area (Å²) in [5.74, 6) is -1.67. The molecule has 0 N–H and O–H groups in total. The van der Waals surface area contributed by atoms with Gasteiger partial charge in [0.15, 0.2) is 6.73 Å². The van der Waals surface area contributed by atoms with Crippen LogP contribution in [0.15, 0.2) is 77.6 Å². The molecule has 4 aromatic rings. The fourth-order valence-electron chi connectivity index (χ4n) is 3.51. The van der Waals surface area contributed by atoms with E-state index in [0.29, 0.717) is 22.0 Å². The Labute approximate surface area is 180 Å². The molecule has 0 saturated heterocycles. The summed E-state index contributed by atoms with van der Waals surface area (Å²) in [5, 5.41) is 8.06. The van der Waals surface area contributed by atoms with Crippen molar-refractivity contribution in [3.63, 3.8) is 0 Å². The molecule has 156 valence electrons. The van der Waals surface area contributed by atoms with E-state index >= 15 is 0 Å². The van der Waals surface area contributed by atoms with E-state index in [0.717, 1.165) is 9.58 Å². The van der Waals surface area contributed by atoms with Gasteiger partial charge in [0.25, 0.3) is 17.4 Å². The maximum atomic E-state index is 12.7. The lowest BCUT2D eigenvalue weighted by atomic mass is 10.1. The third-order valence-corrected chi connectivity index (χ3v) is 5.08. The van der Waals surface area contributed by atoms with Crippen molar-refractivity contribution < 1.29 is 19.1 Å². The number of anilines is 1. The zero-order valence-electron chi connectivity index (χ0n) is 16.5. The van der Waals surface area contributed by atoms with Crippen LogP contribution in [0, 0.1) is 0 Å². The van der Waals surface area contributed by atoms with E-state index in [1.807, 2.05) is 0 Å². The average molecular weight is 426 g/mol. The molecule has 1 aliphatic rings. The van der Waals surface area contributed by atoms with Crippen molar-refractivity contribution in [3.05, 3.63) is 99.8 Å². The van der Waals surface area contributed by atoms with Gasteiger partial charge >= 0.3 is 5.97 Å². The summed E-state index contributed by atoms with van der Waals surface area (Å²) in [7, 11) is 0. The molecule has 5 rings (SSSR count). The smallest absolute Gasteiger partial charge is 0.339 e. The number of carbonyl (C=O) groups is 3. The van der Waals surface area contributed by atoms with Crippen LogP contribution >= 0.6 is 0 Å². The van der Waals surface area contributed by atoms with Crippen LogP contribution in [0.1, 0.15) is 31.1 Å². The number of benzene rings is 3. The molecule has 2 heterocycles. The number of hydrogen-bond donors (Lipinski definition) is 0.